The van der Waals surface area contributed by atoms with Gasteiger partial charge in [0, 0.05) is 6.42 Å². The van der Waals surface area contributed by atoms with E-state index in [2.05, 4.69) is 9.78 Å². The number of carboxylic acids is 2. The van der Waals surface area contributed by atoms with Gasteiger partial charge in [-0.1, -0.05) is 12.8 Å². The van der Waals surface area contributed by atoms with Crippen molar-refractivity contribution in [3.63, 3.8) is 0 Å². The minimum atomic E-state index is -1.07. The van der Waals surface area contributed by atoms with Crippen LogP contribution in [0.3, 0.4) is 0 Å². The summed E-state index contributed by atoms with van der Waals surface area (Å²) in [4.78, 5) is 29.5. The third kappa shape index (κ3) is 7.90. The maximum Gasteiger partial charge on any atom is 0.336 e. The van der Waals surface area contributed by atoms with Crippen molar-refractivity contribution in [3.8, 4) is 0 Å². The van der Waals surface area contributed by atoms with Gasteiger partial charge in [0.1, 0.15) is 0 Å². The molecule has 0 aliphatic heterocycles. The van der Waals surface area contributed by atoms with Crippen LogP contribution in [0.2, 0.25) is 0 Å². The highest BCUT2D eigenvalue weighted by atomic mass is 17.2. The van der Waals surface area contributed by atoms with E-state index in [9.17, 15) is 9.59 Å². The van der Waals surface area contributed by atoms with Crippen LogP contribution in [0.25, 0.3) is 0 Å². The lowest BCUT2D eigenvalue weighted by Crippen LogP contribution is -2.23. The quantitative estimate of drug-likeness (QED) is 0.343. The summed E-state index contributed by atoms with van der Waals surface area (Å²) in [5, 5.41) is 17.0. The number of hydrogen-bond acceptors (Lipinski definition) is 4. The van der Waals surface area contributed by atoms with Crippen LogP contribution in [0.5, 0.6) is 0 Å². The molecule has 0 rings (SSSR count). The smallest absolute Gasteiger partial charge is 0.336 e. The molecule has 0 bridgehead atoms. The van der Waals surface area contributed by atoms with Gasteiger partial charge < -0.3 is 10.2 Å². The van der Waals surface area contributed by atoms with E-state index < -0.39 is 18.0 Å². The largest absolute Gasteiger partial charge is 0.481 e. The van der Waals surface area contributed by atoms with E-state index in [0.29, 0.717) is 25.7 Å². The Balaban J connectivity index is 3.53. The van der Waals surface area contributed by atoms with E-state index in [1.165, 1.54) is 7.11 Å². The summed E-state index contributed by atoms with van der Waals surface area (Å²) >= 11 is 0. The summed E-state index contributed by atoms with van der Waals surface area (Å²) < 4.78 is 0. The van der Waals surface area contributed by atoms with E-state index >= 15 is 0 Å². The highest BCUT2D eigenvalue weighted by molar-refractivity contribution is 5.72. The van der Waals surface area contributed by atoms with Crippen molar-refractivity contribution in [2.24, 2.45) is 0 Å². The van der Waals surface area contributed by atoms with Gasteiger partial charge in [-0.05, 0) is 12.8 Å². The molecule has 1 atom stereocenters. The zero-order valence-electron chi connectivity index (χ0n) is 8.64. The molecule has 0 aliphatic rings. The van der Waals surface area contributed by atoms with Crippen molar-refractivity contribution >= 4 is 11.9 Å². The van der Waals surface area contributed by atoms with Crippen molar-refractivity contribution in [1.29, 1.82) is 0 Å². The van der Waals surface area contributed by atoms with Gasteiger partial charge in [0.15, 0.2) is 6.10 Å². The van der Waals surface area contributed by atoms with Gasteiger partial charge in [0.2, 0.25) is 0 Å². The third-order valence-corrected chi connectivity index (χ3v) is 1.84. The molecule has 88 valence electrons. The van der Waals surface area contributed by atoms with Crippen molar-refractivity contribution < 1.29 is 29.6 Å². The molecule has 0 radical (unpaired) electrons. The molecule has 0 heterocycles. The van der Waals surface area contributed by atoms with Gasteiger partial charge >= 0.3 is 11.9 Å². The molecule has 0 aliphatic carbocycles. The third-order valence-electron chi connectivity index (χ3n) is 1.84. The molecular weight excluding hydrogens is 204 g/mol. The first kappa shape index (κ1) is 13.9. The SMILES string of the molecule is COOC(CCCCCC(=O)O)C(=O)O. The maximum absolute atomic E-state index is 10.6. The zero-order valence-corrected chi connectivity index (χ0v) is 8.64. The summed E-state index contributed by atoms with van der Waals surface area (Å²) in [6, 6.07) is 0. The van der Waals surface area contributed by atoms with Crippen LogP contribution >= 0.6 is 0 Å². The Morgan fingerprint density at radius 3 is 2.33 bits per heavy atom. The van der Waals surface area contributed by atoms with Gasteiger partial charge in [-0.15, -0.1) is 0 Å². The summed E-state index contributed by atoms with van der Waals surface area (Å²) in [6.07, 6.45) is 1.29. The number of unbranched alkanes of at least 4 members (excludes halogenated alkanes) is 2. The molecule has 0 amide bonds. The summed E-state index contributed by atoms with van der Waals surface area (Å²) in [6.45, 7) is 0. The number of aliphatic carboxylic acids is 2. The van der Waals surface area contributed by atoms with Crippen LogP contribution < -0.4 is 0 Å². The second kappa shape index (κ2) is 8.19. The minimum Gasteiger partial charge on any atom is -0.481 e. The summed E-state index contributed by atoms with van der Waals surface area (Å²) in [5.74, 6) is -1.91. The second-order valence-electron chi connectivity index (χ2n) is 3.08. The molecule has 0 spiro atoms. The Hall–Kier alpha value is -1.14. The highest BCUT2D eigenvalue weighted by Crippen LogP contribution is 2.08. The Kier molecular flexibility index (Phi) is 7.57. The first-order valence-corrected chi connectivity index (χ1v) is 4.72. The van der Waals surface area contributed by atoms with E-state index in [4.69, 9.17) is 10.2 Å². The van der Waals surface area contributed by atoms with Gasteiger partial charge in [0.25, 0.3) is 0 Å². The number of hydrogen-bond donors (Lipinski definition) is 2. The topological polar surface area (TPSA) is 93.1 Å². The molecule has 0 saturated heterocycles. The molecule has 15 heavy (non-hydrogen) atoms. The van der Waals surface area contributed by atoms with Crippen LogP contribution in [0.15, 0.2) is 0 Å². The molecule has 1 unspecified atom stereocenters. The summed E-state index contributed by atoms with van der Waals surface area (Å²) in [7, 11) is 1.25. The van der Waals surface area contributed by atoms with E-state index in [1.807, 2.05) is 0 Å². The molecule has 0 aromatic carbocycles. The molecule has 0 saturated carbocycles. The number of rotatable bonds is 9. The van der Waals surface area contributed by atoms with Crippen LogP contribution in [0, 0.1) is 0 Å². The molecule has 0 fully saturated rings. The predicted octanol–water partition coefficient (Wildman–Crippen LogP) is 1.05. The van der Waals surface area contributed by atoms with Crippen LogP contribution in [0.1, 0.15) is 32.1 Å². The average Bonchev–Trinajstić information content (AvgIpc) is 2.15. The van der Waals surface area contributed by atoms with E-state index in [-0.39, 0.29) is 6.42 Å². The maximum atomic E-state index is 10.6. The molecule has 0 aromatic rings. The van der Waals surface area contributed by atoms with Crippen molar-refractivity contribution in [3.05, 3.63) is 0 Å². The predicted molar refractivity (Wildman–Crippen MR) is 50.2 cm³/mol. The van der Waals surface area contributed by atoms with Crippen molar-refractivity contribution in [2.75, 3.05) is 7.11 Å². The molecule has 2 N–H and O–H groups in total. The fraction of sp³-hybridized carbons (Fsp3) is 0.778. The van der Waals surface area contributed by atoms with Crippen LogP contribution in [-0.2, 0) is 19.4 Å². The van der Waals surface area contributed by atoms with Gasteiger partial charge in [-0.2, -0.15) is 0 Å². The van der Waals surface area contributed by atoms with Gasteiger partial charge in [-0.25, -0.2) is 14.6 Å². The second-order valence-corrected chi connectivity index (χ2v) is 3.08. The monoisotopic (exact) mass is 220 g/mol. The van der Waals surface area contributed by atoms with Gasteiger partial charge in [-0.3, -0.25) is 4.79 Å². The lowest BCUT2D eigenvalue weighted by Gasteiger charge is -2.09. The molecule has 6 heteroatoms. The fourth-order valence-electron chi connectivity index (χ4n) is 1.11. The van der Waals surface area contributed by atoms with Gasteiger partial charge in [0.05, 0.1) is 7.11 Å². The highest BCUT2D eigenvalue weighted by Gasteiger charge is 2.18. The Morgan fingerprint density at radius 1 is 1.20 bits per heavy atom. The normalized spacial score (nSPS) is 12.3. The van der Waals surface area contributed by atoms with E-state index in [0.717, 1.165) is 0 Å². The Morgan fingerprint density at radius 2 is 1.87 bits per heavy atom. The Bertz CT molecular complexity index is 203. The van der Waals surface area contributed by atoms with Crippen LogP contribution in [0.4, 0.5) is 0 Å². The average molecular weight is 220 g/mol. The lowest BCUT2D eigenvalue weighted by atomic mass is 10.1. The first-order chi connectivity index (χ1) is 7.07. The lowest BCUT2D eigenvalue weighted by molar-refractivity contribution is -0.302. The minimum absolute atomic E-state index is 0.114. The molecular formula is C9H16O6. The zero-order chi connectivity index (χ0) is 11.7. The molecule has 6 nitrogen and oxygen atoms in total. The van der Waals surface area contributed by atoms with Crippen LogP contribution in [-0.4, -0.2) is 35.4 Å². The fourth-order valence-corrected chi connectivity index (χ4v) is 1.11. The number of carboxylic acid groups (broad SMARTS) is 2. The van der Waals surface area contributed by atoms with Crippen molar-refractivity contribution in [2.45, 2.75) is 38.2 Å². The Labute approximate surface area is 87.7 Å². The standard InChI is InChI=1S/C9H16O6/c1-14-15-7(9(12)13)5-3-2-4-6-8(10)11/h7H,2-6H2,1H3,(H,10,11)(H,12,13). The summed E-state index contributed by atoms with van der Waals surface area (Å²) in [5.41, 5.74) is 0. The van der Waals surface area contributed by atoms with E-state index in [1.54, 1.807) is 0 Å². The number of carbonyl (C=O) groups is 2. The van der Waals surface area contributed by atoms with Crippen molar-refractivity contribution in [1.82, 2.24) is 0 Å². The molecule has 0 aromatic heterocycles. The first-order valence-electron chi connectivity index (χ1n) is 4.72.